The van der Waals surface area contributed by atoms with Crippen LogP contribution in [0, 0.1) is 5.41 Å². The van der Waals surface area contributed by atoms with Crippen LogP contribution in [0.1, 0.15) is 46.8 Å². The highest BCUT2D eigenvalue weighted by atomic mass is 35.5. The molecule has 164 valence electrons. The number of aromatic nitrogens is 1. The first kappa shape index (κ1) is 23.1. The van der Waals surface area contributed by atoms with E-state index in [4.69, 9.17) is 27.9 Å². The normalized spacial score (nSPS) is 10.6. The Morgan fingerprint density at radius 2 is 1.84 bits per heavy atom. The van der Waals surface area contributed by atoms with E-state index in [9.17, 15) is 4.79 Å². The van der Waals surface area contributed by atoms with Crippen LogP contribution in [0.4, 0.5) is 0 Å². The van der Waals surface area contributed by atoms with Crippen molar-refractivity contribution in [3.05, 3.63) is 100 Å². The highest BCUT2D eigenvalue weighted by molar-refractivity contribution is 6.32. The van der Waals surface area contributed by atoms with E-state index in [0.29, 0.717) is 5.92 Å². The van der Waals surface area contributed by atoms with Gasteiger partial charge in [0, 0.05) is 41.0 Å². The Bertz CT molecular complexity index is 1240. The third-order valence-electron chi connectivity index (χ3n) is 5.23. The van der Waals surface area contributed by atoms with Crippen molar-refractivity contribution in [3.8, 4) is 5.75 Å². The number of nitrogens with two attached hydrogens (primary N) is 1. The molecule has 0 fully saturated rings. The topological polar surface area (TPSA) is 92.1 Å². The summed E-state index contributed by atoms with van der Waals surface area (Å²) in [6.45, 7) is 5.30. The van der Waals surface area contributed by atoms with E-state index in [-0.39, 0.29) is 16.3 Å². The van der Waals surface area contributed by atoms with Gasteiger partial charge in [-0.1, -0.05) is 61.8 Å². The summed E-state index contributed by atoms with van der Waals surface area (Å²) in [7, 11) is 0. The van der Waals surface area contributed by atoms with Gasteiger partial charge in [-0.15, -0.1) is 0 Å². The molecule has 1 aromatic heterocycles. The van der Waals surface area contributed by atoms with Crippen LogP contribution in [0.5, 0.6) is 5.75 Å². The summed E-state index contributed by atoms with van der Waals surface area (Å²) in [5.74, 6) is -0.0508. The molecule has 3 aromatic carbocycles. The molecule has 0 aliphatic rings. The standard InChI is InChI=1S/C19H20N2.C7H6ClNO2/c1-14(2)16-8-6-15(7-9-16)13-21-11-10-18-17(12-20)4-3-5-19(18)21;8-5-3-4(7(9)11)1-2-6(5)10/h3-12,14,20H,13H2,1-2H3;1-3,10H,(H2,9,11). The van der Waals surface area contributed by atoms with E-state index in [0.717, 1.165) is 17.5 Å². The SMILES string of the molecule is CC(C)c1ccc(Cn2ccc3c(C=N)cccc32)cc1.NC(=O)c1ccc(O)c(Cl)c1. The summed E-state index contributed by atoms with van der Waals surface area (Å²) in [4.78, 5) is 10.5. The number of hydrogen-bond acceptors (Lipinski definition) is 3. The van der Waals surface area contributed by atoms with Crippen LogP contribution in [0.3, 0.4) is 0 Å². The number of amides is 1. The van der Waals surface area contributed by atoms with Crippen LogP contribution in [-0.2, 0) is 6.54 Å². The number of aromatic hydroxyl groups is 1. The zero-order chi connectivity index (χ0) is 23.3. The predicted octanol–water partition coefficient (Wildman–Crippen LogP) is 5.96. The van der Waals surface area contributed by atoms with E-state index < -0.39 is 5.91 Å². The van der Waals surface area contributed by atoms with Crippen molar-refractivity contribution in [2.45, 2.75) is 26.3 Å². The summed E-state index contributed by atoms with van der Waals surface area (Å²) in [6, 6.07) is 21.1. The third-order valence-corrected chi connectivity index (χ3v) is 5.54. The van der Waals surface area contributed by atoms with E-state index in [1.807, 2.05) is 12.1 Å². The van der Waals surface area contributed by atoms with Crippen molar-refractivity contribution in [2.75, 3.05) is 0 Å². The summed E-state index contributed by atoms with van der Waals surface area (Å²) >= 11 is 5.50. The number of fused-ring (bicyclic) bond motifs is 1. The summed E-state index contributed by atoms with van der Waals surface area (Å²) < 4.78 is 2.24. The number of nitrogens with one attached hydrogen (secondary N) is 1. The van der Waals surface area contributed by atoms with Gasteiger partial charge in [0.15, 0.2) is 0 Å². The van der Waals surface area contributed by atoms with E-state index >= 15 is 0 Å². The molecule has 0 saturated carbocycles. The fourth-order valence-electron chi connectivity index (χ4n) is 3.38. The largest absolute Gasteiger partial charge is 0.506 e. The Hall–Kier alpha value is -3.57. The molecule has 0 aliphatic heterocycles. The number of phenols is 1. The average Bonchev–Trinajstić information content (AvgIpc) is 3.19. The minimum atomic E-state index is -0.563. The van der Waals surface area contributed by atoms with Gasteiger partial charge in [0.1, 0.15) is 5.75 Å². The van der Waals surface area contributed by atoms with Gasteiger partial charge in [0.05, 0.1) is 5.02 Å². The number of hydrogen-bond donors (Lipinski definition) is 3. The molecule has 0 spiro atoms. The van der Waals surface area contributed by atoms with Crippen molar-refractivity contribution in [3.63, 3.8) is 0 Å². The Morgan fingerprint density at radius 1 is 1.12 bits per heavy atom. The van der Waals surface area contributed by atoms with E-state index in [2.05, 4.69) is 61.0 Å². The van der Waals surface area contributed by atoms with Crippen LogP contribution in [0.2, 0.25) is 5.02 Å². The molecule has 4 rings (SSSR count). The Balaban J connectivity index is 0.000000222. The summed E-state index contributed by atoms with van der Waals surface area (Å²) in [5, 5.41) is 17.7. The van der Waals surface area contributed by atoms with Gasteiger partial charge in [0.25, 0.3) is 0 Å². The Labute approximate surface area is 192 Å². The number of carbonyl (C=O) groups excluding carboxylic acids is 1. The van der Waals surface area contributed by atoms with E-state index in [1.165, 1.54) is 41.1 Å². The number of halogens is 1. The van der Waals surface area contributed by atoms with Crippen LogP contribution < -0.4 is 5.73 Å². The van der Waals surface area contributed by atoms with E-state index in [1.54, 1.807) is 0 Å². The van der Waals surface area contributed by atoms with Gasteiger partial charge >= 0.3 is 0 Å². The highest BCUT2D eigenvalue weighted by Gasteiger charge is 2.06. The fourth-order valence-corrected chi connectivity index (χ4v) is 3.56. The average molecular weight is 448 g/mol. The lowest BCUT2D eigenvalue weighted by atomic mass is 10.0. The molecule has 0 saturated heterocycles. The maximum Gasteiger partial charge on any atom is 0.248 e. The molecule has 0 radical (unpaired) electrons. The number of nitrogens with zero attached hydrogens (tertiary/aromatic N) is 1. The first-order valence-corrected chi connectivity index (χ1v) is 10.6. The number of carbonyl (C=O) groups is 1. The zero-order valence-corrected chi connectivity index (χ0v) is 18.8. The molecular formula is C26H26ClN3O2. The maximum atomic E-state index is 10.5. The summed E-state index contributed by atoms with van der Waals surface area (Å²) in [6.07, 6.45) is 3.53. The van der Waals surface area contributed by atoms with Crippen molar-refractivity contribution >= 4 is 34.6 Å². The minimum absolute atomic E-state index is 0.0586. The molecule has 6 heteroatoms. The van der Waals surface area contributed by atoms with Crippen LogP contribution >= 0.6 is 11.6 Å². The lowest BCUT2D eigenvalue weighted by Gasteiger charge is -2.09. The van der Waals surface area contributed by atoms with Gasteiger partial charge in [-0.3, -0.25) is 4.79 Å². The van der Waals surface area contributed by atoms with Crippen LogP contribution in [0.25, 0.3) is 10.9 Å². The number of rotatable bonds is 5. The Kier molecular flexibility index (Phi) is 7.33. The molecule has 0 bridgehead atoms. The maximum absolute atomic E-state index is 10.5. The highest BCUT2D eigenvalue weighted by Crippen LogP contribution is 2.23. The lowest BCUT2D eigenvalue weighted by molar-refractivity contribution is 0.100. The molecule has 1 amide bonds. The van der Waals surface area contributed by atoms with Crippen molar-refractivity contribution in [1.29, 1.82) is 5.41 Å². The van der Waals surface area contributed by atoms with Gasteiger partial charge in [-0.05, 0) is 47.4 Å². The van der Waals surface area contributed by atoms with Gasteiger partial charge in [-0.25, -0.2) is 0 Å². The van der Waals surface area contributed by atoms with Crippen LogP contribution in [0.15, 0.2) is 72.9 Å². The van der Waals surface area contributed by atoms with Crippen molar-refractivity contribution < 1.29 is 9.90 Å². The second-order valence-electron chi connectivity index (χ2n) is 7.79. The number of benzene rings is 3. The second-order valence-corrected chi connectivity index (χ2v) is 8.20. The zero-order valence-electron chi connectivity index (χ0n) is 18.0. The molecule has 4 N–H and O–H groups in total. The smallest absolute Gasteiger partial charge is 0.248 e. The number of primary amides is 1. The lowest BCUT2D eigenvalue weighted by Crippen LogP contribution is -2.10. The molecule has 0 atom stereocenters. The predicted molar refractivity (Wildman–Crippen MR) is 131 cm³/mol. The molecule has 4 aromatic rings. The third kappa shape index (κ3) is 5.37. The molecule has 0 unspecified atom stereocenters. The second kappa shape index (κ2) is 10.2. The first-order valence-electron chi connectivity index (χ1n) is 10.3. The molecule has 0 aliphatic carbocycles. The first-order chi connectivity index (χ1) is 15.3. The van der Waals surface area contributed by atoms with Gasteiger partial charge in [-0.2, -0.15) is 0 Å². The molecule has 1 heterocycles. The number of phenolic OH excluding ortho intramolecular Hbond substituents is 1. The fraction of sp³-hybridized carbons (Fsp3) is 0.154. The Morgan fingerprint density at radius 3 is 2.44 bits per heavy atom. The monoisotopic (exact) mass is 447 g/mol. The van der Waals surface area contributed by atoms with Gasteiger partial charge < -0.3 is 20.8 Å². The van der Waals surface area contributed by atoms with Crippen molar-refractivity contribution in [1.82, 2.24) is 4.57 Å². The molecular weight excluding hydrogens is 422 g/mol. The van der Waals surface area contributed by atoms with Gasteiger partial charge in [0.2, 0.25) is 5.91 Å². The molecule has 32 heavy (non-hydrogen) atoms. The summed E-state index contributed by atoms with van der Waals surface area (Å²) in [5.41, 5.74) is 10.1. The molecule has 5 nitrogen and oxygen atoms in total. The quantitative estimate of drug-likeness (QED) is 0.329. The van der Waals surface area contributed by atoms with Crippen LogP contribution in [-0.4, -0.2) is 21.8 Å². The minimum Gasteiger partial charge on any atom is -0.506 e. The van der Waals surface area contributed by atoms with Crippen molar-refractivity contribution in [2.24, 2.45) is 5.73 Å².